The topological polar surface area (TPSA) is 66.8 Å². The Morgan fingerprint density at radius 1 is 1.53 bits per heavy atom. The van der Waals surface area contributed by atoms with Crippen molar-refractivity contribution >= 4 is 44.5 Å². The molecule has 0 radical (unpaired) electrons. The molecule has 0 aromatic heterocycles. The maximum absolute atomic E-state index is 10.3. The zero-order valence-electron chi connectivity index (χ0n) is 7.54. The molecule has 1 aromatic rings. The lowest BCUT2D eigenvalue weighted by Gasteiger charge is -2.09. The summed E-state index contributed by atoms with van der Waals surface area (Å²) in [5.41, 5.74) is 0.744. The van der Waals surface area contributed by atoms with Crippen molar-refractivity contribution in [2.75, 3.05) is 6.61 Å². The molecule has 0 aliphatic rings. The zero-order chi connectivity index (χ0) is 11.4. The number of rotatable bonds is 4. The number of ether oxygens (including phenoxy) is 1. The first-order chi connectivity index (χ1) is 7.04. The monoisotopic (exact) mass is 386 g/mol. The predicted octanol–water partition coefficient (Wildman–Crippen LogP) is 2.01. The Labute approximate surface area is 109 Å². The third-order valence-electron chi connectivity index (χ3n) is 1.58. The molecule has 1 aromatic carbocycles. The van der Waals surface area contributed by atoms with Crippen LogP contribution in [0.1, 0.15) is 5.56 Å². The lowest BCUT2D eigenvalue weighted by atomic mass is 10.2. The average Bonchev–Trinajstić information content (AvgIpc) is 2.15. The normalized spacial score (nSPS) is 10.1. The number of aliphatic hydroxyl groups is 1. The van der Waals surface area contributed by atoms with Gasteiger partial charge < -0.3 is 14.9 Å². The Bertz CT molecular complexity index is 357. The maximum atomic E-state index is 10.3. The second-order valence-electron chi connectivity index (χ2n) is 2.73. The molecular formula is C9H8BrIO4. The molecule has 0 unspecified atom stereocenters. The second kappa shape index (κ2) is 5.66. The van der Waals surface area contributed by atoms with Gasteiger partial charge in [0.2, 0.25) is 0 Å². The summed E-state index contributed by atoms with van der Waals surface area (Å²) in [4.78, 5) is 10.3. The molecule has 0 aliphatic carbocycles. The molecule has 6 heteroatoms. The first kappa shape index (κ1) is 12.7. The van der Waals surface area contributed by atoms with Gasteiger partial charge in [0.25, 0.3) is 0 Å². The lowest BCUT2D eigenvalue weighted by molar-refractivity contribution is -0.139. The third-order valence-corrected chi connectivity index (χ3v) is 2.97. The van der Waals surface area contributed by atoms with E-state index in [4.69, 9.17) is 14.9 Å². The number of halogens is 2. The summed E-state index contributed by atoms with van der Waals surface area (Å²) in [5, 5.41) is 17.4. The SMILES string of the molecule is O=C(O)COc1c(Br)cc(CO)cc1I. The molecule has 0 fully saturated rings. The molecule has 0 heterocycles. The van der Waals surface area contributed by atoms with Crippen LogP contribution in [0.15, 0.2) is 16.6 Å². The van der Waals surface area contributed by atoms with Gasteiger partial charge in [0.15, 0.2) is 6.61 Å². The molecule has 0 spiro atoms. The maximum Gasteiger partial charge on any atom is 0.341 e. The Hall–Kier alpha value is -0.340. The molecular weight excluding hydrogens is 379 g/mol. The van der Waals surface area contributed by atoms with Crippen LogP contribution in [0.25, 0.3) is 0 Å². The van der Waals surface area contributed by atoms with Gasteiger partial charge in [-0.25, -0.2) is 4.79 Å². The van der Waals surface area contributed by atoms with Crippen molar-refractivity contribution < 1.29 is 19.7 Å². The van der Waals surface area contributed by atoms with Gasteiger partial charge in [0.05, 0.1) is 14.6 Å². The Morgan fingerprint density at radius 2 is 2.20 bits per heavy atom. The van der Waals surface area contributed by atoms with Crippen molar-refractivity contribution in [3.8, 4) is 5.75 Å². The van der Waals surface area contributed by atoms with E-state index in [1.54, 1.807) is 12.1 Å². The summed E-state index contributed by atoms with van der Waals surface area (Å²) in [6, 6.07) is 3.43. The van der Waals surface area contributed by atoms with E-state index >= 15 is 0 Å². The van der Waals surface area contributed by atoms with E-state index in [1.807, 2.05) is 22.6 Å². The van der Waals surface area contributed by atoms with Crippen molar-refractivity contribution in [2.45, 2.75) is 6.61 Å². The molecule has 4 nitrogen and oxygen atoms in total. The molecule has 0 atom stereocenters. The van der Waals surface area contributed by atoms with Gasteiger partial charge in [-0.1, -0.05) is 0 Å². The van der Waals surface area contributed by atoms with Gasteiger partial charge in [0, 0.05) is 0 Å². The first-order valence-corrected chi connectivity index (χ1v) is 5.85. The molecule has 0 bridgehead atoms. The van der Waals surface area contributed by atoms with E-state index in [0.717, 1.165) is 9.13 Å². The van der Waals surface area contributed by atoms with Crippen LogP contribution in [0.4, 0.5) is 0 Å². The number of aliphatic hydroxyl groups excluding tert-OH is 1. The van der Waals surface area contributed by atoms with Gasteiger partial charge >= 0.3 is 5.97 Å². The number of carboxylic acids is 1. The van der Waals surface area contributed by atoms with Gasteiger partial charge in [-0.2, -0.15) is 0 Å². The summed E-state index contributed by atoms with van der Waals surface area (Å²) in [5.74, 6) is -0.542. The molecule has 0 saturated heterocycles. The van der Waals surface area contributed by atoms with Crippen LogP contribution in [0.5, 0.6) is 5.75 Å². The fraction of sp³-hybridized carbons (Fsp3) is 0.222. The summed E-state index contributed by atoms with van der Waals surface area (Å²) in [6.45, 7) is -0.444. The van der Waals surface area contributed by atoms with Crippen LogP contribution < -0.4 is 4.74 Å². The van der Waals surface area contributed by atoms with Gasteiger partial charge in [-0.3, -0.25) is 0 Å². The molecule has 0 amide bonds. The third kappa shape index (κ3) is 3.62. The van der Waals surface area contributed by atoms with Gasteiger partial charge in [-0.05, 0) is 56.2 Å². The standard InChI is InChI=1S/C9H8BrIO4/c10-6-1-5(3-12)2-7(11)9(6)15-4-8(13)14/h1-2,12H,3-4H2,(H,13,14). The highest BCUT2D eigenvalue weighted by Gasteiger charge is 2.10. The van der Waals surface area contributed by atoms with E-state index < -0.39 is 5.97 Å². The minimum Gasteiger partial charge on any atom is -0.480 e. The summed E-state index contributed by atoms with van der Waals surface area (Å²) in [6.07, 6.45) is 0. The molecule has 0 saturated carbocycles. The van der Waals surface area contributed by atoms with Crippen LogP contribution >= 0.6 is 38.5 Å². The van der Waals surface area contributed by atoms with E-state index in [1.165, 1.54) is 0 Å². The van der Waals surface area contributed by atoms with Crippen molar-refractivity contribution in [3.05, 3.63) is 25.7 Å². The minimum atomic E-state index is -1.02. The Kier molecular flexibility index (Phi) is 4.81. The second-order valence-corrected chi connectivity index (χ2v) is 4.75. The molecule has 1 rings (SSSR count). The highest BCUT2D eigenvalue weighted by Crippen LogP contribution is 2.31. The summed E-state index contributed by atoms with van der Waals surface area (Å²) in [7, 11) is 0. The molecule has 82 valence electrons. The minimum absolute atomic E-state index is 0.0617. The summed E-state index contributed by atoms with van der Waals surface area (Å²) >= 11 is 5.28. The highest BCUT2D eigenvalue weighted by molar-refractivity contribution is 14.1. The Morgan fingerprint density at radius 3 is 2.67 bits per heavy atom. The van der Waals surface area contributed by atoms with E-state index in [2.05, 4.69) is 15.9 Å². The summed E-state index contributed by atoms with van der Waals surface area (Å²) < 4.78 is 6.49. The molecule has 2 N–H and O–H groups in total. The number of carboxylic acid groups (broad SMARTS) is 1. The molecule has 15 heavy (non-hydrogen) atoms. The first-order valence-electron chi connectivity index (χ1n) is 3.98. The van der Waals surface area contributed by atoms with Crippen molar-refractivity contribution in [1.29, 1.82) is 0 Å². The van der Waals surface area contributed by atoms with Crippen LogP contribution in [0.2, 0.25) is 0 Å². The van der Waals surface area contributed by atoms with Crippen molar-refractivity contribution in [1.82, 2.24) is 0 Å². The number of aliphatic carboxylic acids is 1. The zero-order valence-corrected chi connectivity index (χ0v) is 11.3. The fourth-order valence-corrected chi connectivity index (χ4v) is 2.81. The van der Waals surface area contributed by atoms with Crippen LogP contribution in [-0.4, -0.2) is 22.8 Å². The van der Waals surface area contributed by atoms with Gasteiger partial charge in [0.1, 0.15) is 5.75 Å². The van der Waals surface area contributed by atoms with E-state index in [9.17, 15) is 4.79 Å². The van der Waals surface area contributed by atoms with Gasteiger partial charge in [-0.15, -0.1) is 0 Å². The predicted molar refractivity (Wildman–Crippen MR) is 65.9 cm³/mol. The van der Waals surface area contributed by atoms with Crippen LogP contribution in [0.3, 0.4) is 0 Å². The highest BCUT2D eigenvalue weighted by atomic mass is 127. The van der Waals surface area contributed by atoms with Crippen LogP contribution in [-0.2, 0) is 11.4 Å². The fourth-order valence-electron chi connectivity index (χ4n) is 0.975. The number of carbonyl (C=O) groups is 1. The van der Waals surface area contributed by atoms with Crippen molar-refractivity contribution in [2.24, 2.45) is 0 Å². The number of hydrogen-bond donors (Lipinski definition) is 2. The van der Waals surface area contributed by atoms with Crippen LogP contribution in [0, 0.1) is 3.57 Å². The largest absolute Gasteiger partial charge is 0.480 e. The average molecular weight is 387 g/mol. The Balaban J connectivity index is 2.92. The quantitative estimate of drug-likeness (QED) is 0.777. The van der Waals surface area contributed by atoms with Crippen molar-refractivity contribution in [3.63, 3.8) is 0 Å². The smallest absolute Gasteiger partial charge is 0.341 e. The number of benzene rings is 1. The lowest BCUT2D eigenvalue weighted by Crippen LogP contribution is -2.10. The number of hydrogen-bond acceptors (Lipinski definition) is 3. The molecule has 0 aliphatic heterocycles. The van der Waals surface area contributed by atoms with E-state index in [-0.39, 0.29) is 13.2 Å². The van der Waals surface area contributed by atoms with E-state index in [0.29, 0.717) is 10.2 Å².